The van der Waals surface area contributed by atoms with Crippen molar-refractivity contribution in [2.24, 2.45) is 11.8 Å². The Balaban J connectivity index is 1.79. The van der Waals surface area contributed by atoms with Crippen molar-refractivity contribution in [3.05, 3.63) is 47.5 Å². The van der Waals surface area contributed by atoms with Gasteiger partial charge in [0.15, 0.2) is 11.2 Å². The fourth-order valence-corrected chi connectivity index (χ4v) is 5.87. The van der Waals surface area contributed by atoms with Gasteiger partial charge in [-0.15, -0.1) is 0 Å². The van der Waals surface area contributed by atoms with E-state index >= 15 is 0 Å². The van der Waals surface area contributed by atoms with Crippen LogP contribution in [0.2, 0.25) is 0 Å². The molecule has 1 fully saturated rings. The van der Waals surface area contributed by atoms with Crippen LogP contribution in [0.25, 0.3) is 0 Å². The first-order valence-corrected chi connectivity index (χ1v) is 12.5. The molecule has 9 heteroatoms. The monoisotopic (exact) mass is 515 g/mol. The summed E-state index contributed by atoms with van der Waals surface area (Å²) < 4.78 is 28.6. The Morgan fingerprint density at radius 3 is 2.35 bits per heavy atom. The number of unbranched alkanes of at least 4 members (excludes halogenated alkanes) is 1. The quantitative estimate of drug-likeness (QED) is 0.365. The molecule has 1 heterocycles. The van der Waals surface area contributed by atoms with Crippen LogP contribution in [-0.2, 0) is 20.7 Å². The summed E-state index contributed by atoms with van der Waals surface area (Å²) in [5, 5.41) is 24.0. The van der Waals surface area contributed by atoms with Gasteiger partial charge in [-0.2, -0.15) is 0 Å². The summed E-state index contributed by atoms with van der Waals surface area (Å²) in [7, 11) is 8.37. The first kappa shape index (κ1) is 27.0. The van der Waals surface area contributed by atoms with E-state index < -0.39 is 35.1 Å². The number of carbonyl (C=O) groups is 1. The Morgan fingerprint density at radius 2 is 1.76 bits per heavy atom. The van der Waals surface area contributed by atoms with Gasteiger partial charge in [0.05, 0.1) is 39.4 Å². The van der Waals surface area contributed by atoms with E-state index in [0.717, 1.165) is 19.4 Å². The van der Waals surface area contributed by atoms with Crippen LogP contribution in [0.4, 0.5) is 0 Å². The standard InChI is InChI=1S/C28H37NO8/c1-17-23(26(31)35-6)25(30)27(32)24-21(34-5)15-20(36-14-8-7-13-29(2)3)16-22(24)37-28(17,27)18-9-11-19(33-4)12-10-18/h9-12,15-17,23,25,30,32H,7-8,13-14H2,1-6H3/t17-,23-,25-,27+,28-/m1/s1. The summed E-state index contributed by atoms with van der Waals surface area (Å²) in [5.41, 5.74) is -2.66. The van der Waals surface area contributed by atoms with E-state index in [4.69, 9.17) is 23.7 Å². The number of methoxy groups -OCH3 is 3. The normalized spacial score (nSPS) is 27.9. The lowest BCUT2D eigenvalue weighted by atomic mass is 9.73. The zero-order valence-corrected chi connectivity index (χ0v) is 22.3. The lowest BCUT2D eigenvalue weighted by Gasteiger charge is -2.39. The van der Waals surface area contributed by atoms with Crippen molar-refractivity contribution < 1.29 is 38.7 Å². The maximum atomic E-state index is 12.8. The second kappa shape index (κ2) is 10.4. The number of ether oxygens (including phenoxy) is 5. The van der Waals surface area contributed by atoms with Crippen LogP contribution in [0.3, 0.4) is 0 Å². The summed E-state index contributed by atoms with van der Waals surface area (Å²) in [5.74, 6) is -0.551. The number of fused-ring (bicyclic) bond motifs is 3. The third-order valence-corrected chi connectivity index (χ3v) is 7.69. The molecule has 0 spiro atoms. The number of carbonyl (C=O) groups excluding carboxylic acids is 1. The lowest BCUT2D eigenvalue weighted by Crippen LogP contribution is -2.52. The highest BCUT2D eigenvalue weighted by Crippen LogP contribution is 2.67. The van der Waals surface area contributed by atoms with Gasteiger partial charge in [0.1, 0.15) is 29.1 Å². The Bertz CT molecular complexity index is 1120. The molecule has 0 bridgehead atoms. The van der Waals surface area contributed by atoms with Crippen molar-refractivity contribution in [2.45, 2.75) is 37.1 Å². The van der Waals surface area contributed by atoms with E-state index in [-0.39, 0.29) is 5.56 Å². The number of hydrogen-bond donors (Lipinski definition) is 2. The maximum absolute atomic E-state index is 12.8. The first-order chi connectivity index (χ1) is 17.6. The number of esters is 1. The van der Waals surface area contributed by atoms with Crippen LogP contribution < -0.4 is 18.9 Å². The first-order valence-electron chi connectivity index (χ1n) is 12.5. The van der Waals surface area contributed by atoms with Crippen LogP contribution in [-0.4, -0.2) is 75.8 Å². The SMILES string of the molecule is COC(=O)[C@H]1[C@@H](O)[C@@]2(O)c3c(OC)cc(OCCCCN(C)C)cc3O[C@@]2(c2ccc(OC)cc2)[C@@H]1C. The molecule has 2 N–H and O–H groups in total. The molecular formula is C28H37NO8. The number of rotatable bonds is 10. The Kier molecular flexibility index (Phi) is 7.60. The molecule has 5 atom stereocenters. The molecule has 0 saturated heterocycles. The largest absolute Gasteiger partial charge is 0.497 e. The Hall–Kier alpha value is -3.01. The van der Waals surface area contributed by atoms with Gasteiger partial charge >= 0.3 is 5.97 Å². The van der Waals surface area contributed by atoms with E-state index in [9.17, 15) is 15.0 Å². The highest BCUT2D eigenvalue weighted by atomic mass is 16.6. The molecule has 37 heavy (non-hydrogen) atoms. The second-order valence-electron chi connectivity index (χ2n) is 9.97. The summed E-state index contributed by atoms with van der Waals surface area (Å²) in [6, 6.07) is 10.4. The molecule has 2 aromatic rings. The summed E-state index contributed by atoms with van der Waals surface area (Å²) >= 11 is 0. The number of hydrogen-bond acceptors (Lipinski definition) is 9. The molecule has 2 aliphatic rings. The zero-order valence-electron chi connectivity index (χ0n) is 22.3. The van der Waals surface area contributed by atoms with Gasteiger partial charge < -0.3 is 38.8 Å². The smallest absolute Gasteiger partial charge is 0.311 e. The lowest BCUT2D eigenvalue weighted by molar-refractivity contribution is -0.162. The molecular weight excluding hydrogens is 478 g/mol. The molecule has 0 unspecified atom stereocenters. The van der Waals surface area contributed by atoms with Gasteiger partial charge in [-0.3, -0.25) is 4.79 Å². The number of aliphatic hydroxyl groups excluding tert-OH is 1. The summed E-state index contributed by atoms with van der Waals surface area (Å²) in [6.07, 6.45) is 0.337. The molecule has 2 aromatic carbocycles. The maximum Gasteiger partial charge on any atom is 0.311 e. The van der Waals surface area contributed by atoms with E-state index in [0.29, 0.717) is 35.2 Å². The fraction of sp³-hybridized carbons (Fsp3) is 0.536. The Labute approximate surface area is 217 Å². The molecule has 1 aliphatic heterocycles. The molecule has 0 amide bonds. The van der Waals surface area contributed by atoms with E-state index in [1.54, 1.807) is 50.4 Å². The zero-order chi connectivity index (χ0) is 27.0. The average molecular weight is 516 g/mol. The molecule has 0 radical (unpaired) electrons. The minimum absolute atomic E-state index is 0.275. The second-order valence-corrected chi connectivity index (χ2v) is 9.97. The predicted molar refractivity (Wildman–Crippen MR) is 136 cm³/mol. The molecule has 0 aromatic heterocycles. The highest BCUT2D eigenvalue weighted by molar-refractivity contribution is 5.76. The van der Waals surface area contributed by atoms with Crippen LogP contribution >= 0.6 is 0 Å². The van der Waals surface area contributed by atoms with Gasteiger partial charge in [0, 0.05) is 18.1 Å². The number of benzene rings is 2. The van der Waals surface area contributed by atoms with Crippen LogP contribution in [0.15, 0.2) is 36.4 Å². The van der Waals surface area contributed by atoms with Crippen molar-refractivity contribution in [3.63, 3.8) is 0 Å². The van der Waals surface area contributed by atoms with E-state index in [1.807, 2.05) is 14.1 Å². The molecule has 1 aliphatic carbocycles. The molecule has 202 valence electrons. The third kappa shape index (κ3) is 4.19. The van der Waals surface area contributed by atoms with Crippen molar-refractivity contribution in [3.8, 4) is 23.0 Å². The van der Waals surface area contributed by atoms with E-state index in [1.165, 1.54) is 14.2 Å². The van der Waals surface area contributed by atoms with Gasteiger partial charge in [-0.25, -0.2) is 0 Å². The van der Waals surface area contributed by atoms with Crippen LogP contribution in [0.5, 0.6) is 23.0 Å². The van der Waals surface area contributed by atoms with Crippen LogP contribution in [0, 0.1) is 11.8 Å². The van der Waals surface area contributed by atoms with Gasteiger partial charge in [0.25, 0.3) is 0 Å². The van der Waals surface area contributed by atoms with Gasteiger partial charge in [0.2, 0.25) is 0 Å². The average Bonchev–Trinajstić information content (AvgIpc) is 3.26. The summed E-state index contributed by atoms with van der Waals surface area (Å²) in [6.45, 7) is 3.25. The molecule has 4 rings (SSSR count). The number of nitrogens with zero attached hydrogens (tertiary/aromatic N) is 1. The van der Waals surface area contributed by atoms with Crippen molar-refractivity contribution in [1.82, 2.24) is 4.90 Å². The fourth-order valence-electron chi connectivity index (χ4n) is 5.87. The molecule has 9 nitrogen and oxygen atoms in total. The van der Waals surface area contributed by atoms with Gasteiger partial charge in [-0.05, 0) is 51.2 Å². The minimum atomic E-state index is -2.01. The van der Waals surface area contributed by atoms with E-state index in [2.05, 4.69) is 4.90 Å². The Morgan fingerprint density at radius 1 is 1.05 bits per heavy atom. The third-order valence-electron chi connectivity index (χ3n) is 7.69. The number of aliphatic hydroxyl groups is 2. The van der Waals surface area contributed by atoms with Crippen LogP contribution in [0.1, 0.15) is 30.9 Å². The predicted octanol–water partition coefficient (Wildman–Crippen LogP) is 2.70. The van der Waals surface area contributed by atoms with Crippen molar-refractivity contribution in [2.75, 3.05) is 48.6 Å². The van der Waals surface area contributed by atoms with Gasteiger partial charge in [-0.1, -0.05) is 19.1 Å². The minimum Gasteiger partial charge on any atom is -0.497 e. The van der Waals surface area contributed by atoms with Crippen molar-refractivity contribution in [1.29, 1.82) is 0 Å². The highest BCUT2D eigenvalue weighted by Gasteiger charge is 2.77. The van der Waals surface area contributed by atoms with Crippen molar-refractivity contribution >= 4 is 5.97 Å². The summed E-state index contributed by atoms with van der Waals surface area (Å²) in [4.78, 5) is 14.9. The topological polar surface area (TPSA) is 107 Å². The molecule has 1 saturated carbocycles.